The van der Waals surface area contributed by atoms with Crippen LogP contribution in [-0.4, -0.2) is 58.4 Å². The second-order valence-corrected chi connectivity index (χ2v) is 7.94. The Balaban J connectivity index is 0.000000298. The predicted molar refractivity (Wildman–Crippen MR) is 101 cm³/mol. The van der Waals surface area contributed by atoms with Gasteiger partial charge in [0.2, 0.25) is 0 Å². The van der Waals surface area contributed by atoms with Crippen LogP contribution in [0.5, 0.6) is 0 Å². The number of hydrogen-bond acceptors (Lipinski definition) is 6. The first-order valence-corrected chi connectivity index (χ1v) is 10.2. The van der Waals surface area contributed by atoms with Crippen molar-refractivity contribution in [2.45, 2.75) is 37.9 Å². The number of halogens is 3. The van der Waals surface area contributed by atoms with Crippen molar-refractivity contribution in [1.29, 1.82) is 0 Å². The highest BCUT2D eigenvalue weighted by atomic mass is 32.1. The van der Waals surface area contributed by atoms with E-state index < -0.39 is 12.1 Å². The summed E-state index contributed by atoms with van der Waals surface area (Å²) in [6, 6.07) is 4.36. The third kappa shape index (κ3) is 5.97. The number of fused-ring (bicyclic) bond motifs is 1. The van der Waals surface area contributed by atoms with Gasteiger partial charge in [-0.05, 0) is 29.9 Å². The first kappa shape index (κ1) is 21.7. The smallest absolute Gasteiger partial charge is 0.475 e. The molecule has 0 radical (unpaired) electrons. The van der Waals surface area contributed by atoms with Crippen molar-refractivity contribution in [2.24, 2.45) is 0 Å². The summed E-state index contributed by atoms with van der Waals surface area (Å²) < 4.78 is 37.3. The van der Waals surface area contributed by atoms with Gasteiger partial charge in [0.1, 0.15) is 6.33 Å². The maximum absolute atomic E-state index is 10.6. The van der Waals surface area contributed by atoms with E-state index in [1.165, 1.54) is 21.8 Å². The lowest BCUT2D eigenvalue weighted by molar-refractivity contribution is -0.192. The Hall–Kier alpha value is -2.04. The molecule has 0 spiro atoms. The molecule has 2 aromatic heterocycles. The van der Waals surface area contributed by atoms with Crippen LogP contribution in [-0.2, 0) is 28.9 Å². The number of rotatable bonds is 3. The molecular formula is C19H22F3N3O3S. The Morgan fingerprint density at radius 1 is 1.31 bits per heavy atom. The second kappa shape index (κ2) is 9.64. The van der Waals surface area contributed by atoms with Crippen molar-refractivity contribution in [3.8, 4) is 0 Å². The van der Waals surface area contributed by atoms with E-state index in [-0.39, 0.29) is 0 Å². The minimum absolute atomic E-state index is 0.473. The Labute approximate surface area is 170 Å². The molecule has 0 aliphatic carbocycles. The normalized spacial score (nSPS) is 19.8. The van der Waals surface area contributed by atoms with Gasteiger partial charge in [-0.25, -0.2) is 14.8 Å². The molecular weight excluding hydrogens is 407 g/mol. The highest BCUT2D eigenvalue weighted by Crippen LogP contribution is 2.29. The molecule has 1 atom stereocenters. The standard InChI is InChI=1S/C17H21N3OS.C2HF3O2/c1-2-14(22-9-1)10-20-6-3-15-16(4-7-20)18-12-19-17(15)13-5-8-21-11-13;3-2(4,5)1(6)7/h1-2,9,12-13H,3-8,10-11H2;(H,6,7). The number of alkyl halides is 3. The van der Waals surface area contributed by atoms with E-state index in [4.69, 9.17) is 14.6 Å². The topological polar surface area (TPSA) is 75.5 Å². The molecule has 0 bridgehead atoms. The molecule has 0 amide bonds. The van der Waals surface area contributed by atoms with Gasteiger partial charge in [0.15, 0.2) is 0 Å². The van der Waals surface area contributed by atoms with Crippen molar-refractivity contribution in [3.63, 3.8) is 0 Å². The number of aromatic nitrogens is 2. The number of carboxylic acids is 1. The Morgan fingerprint density at radius 3 is 2.69 bits per heavy atom. The largest absolute Gasteiger partial charge is 0.490 e. The Bertz CT molecular complexity index is 809. The first-order chi connectivity index (χ1) is 13.8. The fourth-order valence-electron chi connectivity index (χ4n) is 3.48. The van der Waals surface area contributed by atoms with E-state index in [0.29, 0.717) is 5.92 Å². The monoisotopic (exact) mass is 429 g/mol. The second-order valence-electron chi connectivity index (χ2n) is 6.90. The number of nitrogens with zero attached hydrogens (tertiary/aromatic N) is 3. The molecule has 2 aliphatic heterocycles. The van der Waals surface area contributed by atoms with Gasteiger partial charge < -0.3 is 9.84 Å². The molecule has 2 aliphatic rings. The highest BCUT2D eigenvalue weighted by Gasteiger charge is 2.38. The summed E-state index contributed by atoms with van der Waals surface area (Å²) in [5, 5.41) is 9.28. The van der Waals surface area contributed by atoms with E-state index in [2.05, 4.69) is 32.4 Å². The Kier molecular flexibility index (Phi) is 7.20. The summed E-state index contributed by atoms with van der Waals surface area (Å²) in [6.45, 7) is 4.93. The van der Waals surface area contributed by atoms with Gasteiger partial charge >= 0.3 is 12.1 Å². The van der Waals surface area contributed by atoms with Crippen molar-refractivity contribution < 1.29 is 27.8 Å². The molecule has 10 heteroatoms. The molecule has 4 heterocycles. The molecule has 2 aromatic rings. The molecule has 4 rings (SSSR count). The van der Waals surface area contributed by atoms with Gasteiger partial charge in [-0.15, -0.1) is 11.3 Å². The van der Waals surface area contributed by atoms with E-state index in [0.717, 1.165) is 52.1 Å². The molecule has 0 saturated carbocycles. The first-order valence-electron chi connectivity index (χ1n) is 9.30. The van der Waals surface area contributed by atoms with Crippen LogP contribution in [0.2, 0.25) is 0 Å². The van der Waals surface area contributed by atoms with Crippen LogP contribution in [0.15, 0.2) is 23.8 Å². The average Bonchev–Trinajstić information content (AvgIpc) is 3.34. The molecule has 1 fully saturated rings. The van der Waals surface area contributed by atoms with Crippen molar-refractivity contribution >= 4 is 17.3 Å². The zero-order chi connectivity index (χ0) is 20.9. The van der Waals surface area contributed by atoms with Crippen LogP contribution in [0.4, 0.5) is 13.2 Å². The molecule has 1 N–H and O–H groups in total. The Morgan fingerprint density at radius 2 is 2.07 bits per heavy atom. The van der Waals surface area contributed by atoms with E-state index in [9.17, 15) is 13.2 Å². The maximum Gasteiger partial charge on any atom is 0.490 e. The van der Waals surface area contributed by atoms with Crippen molar-refractivity contribution in [2.75, 3.05) is 26.3 Å². The van der Waals surface area contributed by atoms with Crippen LogP contribution in [0.25, 0.3) is 0 Å². The molecule has 1 saturated heterocycles. The van der Waals surface area contributed by atoms with E-state index in [1.807, 2.05) is 11.3 Å². The molecule has 29 heavy (non-hydrogen) atoms. The van der Waals surface area contributed by atoms with Gasteiger partial charge in [0.25, 0.3) is 0 Å². The average molecular weight is 429 g/mol. The molecule has 158 valence electrons. The minimum atomic E-state index is -5.08. The number of ether oxygens (including phenoxy) is 1. The number of carbonyl (C=O) groups is 1. The zero-order valence-electron chi connectivity index (χ0n) is 15.7. The third-order valence-corrected chi connectivity index (χ3v) is 5.79. The lowest BCUT2D eigenvalue weighted by atomic mass is 9.96. The number of carboxylic acid groups (broad SMARTS) is 1. The maximum atomic E-state index is 10.6. The van der Waals surface area contributed by atoms with Crippen LogP contribution in [0, 0.1) is 0 Å². The predicted octanol–water partition coefficient (Wildman–Crippen LogP) is 3.28. The molecule has 6 nitrogen and oxygen atoms in total. The molecule has 1 unspecified atom stereocenters. The lowest BCUT2D eigenvalue weighted by Gasteiger charge is -2.18. The summed E-state index contributed by atoms with van der Waals surface area (Å²) >= 11 is 1.84. The van der Waals surface area contributed by atoms with Crippen molar-refractivity contribution in [1.82, 2.24) is 14.9 Å². The lowest BCUT2D eigenvalue weighted by Crippen LogP contribution is -2.25. The fraction of sp³-hybridized carbons (Fsp3) is 0.526. The van der Waals surface area contributed by atoms with Gasteiger partial charge in [-0.2, -0.15) is 13.2 Å². The SMILES string of the molecule is O=C(O)C(F)(F)F.c1csc(CN2CCc3ncnc(C4CCOC4)c3CC2)c1. The van der Waals surface area contributed by atoms with Crippen LogP contribution >= 0.6 is 11.3 Å². The van der Waals surface area contributed by atoms with E-state index >= 15 is 0 Å². The minimum Gasteiger partial charge on any atom is -0.475 e. The quantitative estimate of drug-likeness (QED) is 0.807. The summed E-state index contributed by atoms with van der Waals surface area (Å²) in [4.78, 5) is 22.1. The van der Waals surface area contributed by atoms with Crippen LogP contribution in [0.1, 0.15) is 34.2 Å². The molecule has 0 aromatic carbocycles. The van der Waals surface area contributed by atoms with Gasteiger partial charge in [0, 0.05) is 49.2 Å². The number of thiophene rings is 1. The van der Waals surface area contributed by atoms with Crippen LogP contribution in [0.3, 0.4) is 0 Å². The summed E-state index contributed by atoms with van der Waals surface area (Å²) in [5.74, 6) is -2.28. The zero-order valence-corrected chi connectivity index (χ0v) is 16.5. The number of aliphatic carboxylic acids is 1. The van der Waals surface area contributed by atoms with Crippen molar-refractivity contribution in [3.05, 3.63) is 45.7 Å². The third-order valence-electron chi connectivity index (χ3n) is 4.93. The summed E-state index contributed by atoms with van der Waals surface area (Å²) in [7, 11) is 0. The van der Waals surface area contributed by atoms with Gasteiger partial charge in [-0.3, -0.25) is 4.90 Å². The highest BCUT2D eigenvalue weighted by molar-refractivity contribution is 7.09. The summed E-state index contributed by atoms with van der Waals surface area (Å²) in [5.41, 5.74) is 3.90. The number of hydrogen-bond donors (Lipinski definition) is 1. The van der Waals surface area contributed by atoms with Crippen LogP contribution < -0.4 is 0 Å². The van der Waals surface area contributed by atoms with Gasteiger partial charge in [-0.1, -0.05) is 6.07 Å². The van der Waals surface area contributed by atoms with Gasteiger partial charge in [0.05, 0.1) is 12.3 Å². The fourth-order valence-corrected chi connectivity index (χ4v) is 4.23. The summed E-state index contributed by atoms with van der Waals surface area (Å²) in [6.07, 6.45) is -0.138. The van der Waals surface area contributed by atoms with E-state index in [1.54, 1.807) is 6.33 Å².